The summed E-state index contributed by atoms with van der Waals surface area (Å²) in [5, 5.41) is 0. The van der Waals surface area contributed by atoms with Gasteiger partial charge in [-0.3, -0.25) is 0 Å². The van der Waals surface area contributed by atoms with Gasteiger partial charge >= 0.3 is 0 Å². The lowest BCUT2D eigenvalue weighted by molar-refractivity contribution is 0.627. The smallest absolute Gasteiger partial charge is 0.0106 e. The van der Waals surface area contributed by atoms with E-state index in [1.165, 1.54) is 0 Å². The Labute approximate surface area is 44.9 Å². The second-order valence-electron chi connectivity index (χ2n) is 1.33. The minimum Gasteiger partial charge on any atom is -0.358 e. The van der Waals surface area contributed by atoms with E-state index in [1.54, 1.807) is 6.20 Å². The molecule has 0 rings (SSSR count). The summed E-state index contributed by atoms with van der Waals surface area (Å²) in [6.45, 7) is 5.53. The zero-order valence-electron chi connectivity index (χ0n) is 4.89. The van der Waals surface area contributed by atoms with Crippen molar-refractivity contribution < 1.29 is 0 Å². The van der Waals surface area contributed by atoms with Crippen LogP contribution in [0.2, 0.25) is 0 Å². The predicted molar refractivity (Wildman–Crippen MR) is 32.8 cm³/mol. The van der Waals surface area contributed by atoms with Crippen molar-refractivity contribution in [3.63, 3.8) is 0 Å². The second kappa shape index (κ2) is 3.47. The van der Waals surface area contributed by atoms with Gasteiger partial charge in [0.1, 0.15) is 0 Å². The molecule has 1 heteroatoms. The van der Waals surface area contributed by atoms with Crippen molar-refractivity contribution in [1.29, 1.82) is 0 Å². The quantitative estimate of drug-likeness (QED) is 0.506. The van der Waals surface area contributed by atoms with Gasteiger partial charge in [0.15, 0.2) is 0 Å². The Morgan fingerprint density at radius 2 is 2.14 bits per heavy atom. The van der Waals surface area contributed by atoms with Crippen LogP contribution in [0.1, 0.15) is 6.92 Å². The highest BCUT2D eigenvalue weighted by Crippen LogP contribution is 1.80. The molecule has 0 N–H and O–H groups in total. The van der Waals surface area contributed by atoms with Crippen molar-refractivity contribution in [3.8, 4) is 0 Å². The Morgan fingerprint density at radius 3 is 2.29 bits per heavy atom. The van der Waals surface area contributed by atoms with Crippen LogP contribution in [0, 0.1) is 0 Å². The van der Waals surface area contributed by atoms with Gasteiger partial charge < -0.3 is 4.90 Å². The van der Waals surface area contributed by atoms with Gasteiger partial charge in [-0.25, -0.2) is 0 Å². The minimum atomic E-state index is 1.75. The highest BCUT2D eigenvalue weighted by atomic mass is 15.0. The van der Waals surface area contributed by atoms with Crippen LogP contribution < -0.4 is 0 Å². The summed E-state index contributed by atoms with van der Waals surface area (Å²) in [5.74, 6) is 0. The fraction of sp³-hybridized carbons (Fsp3) is 0.333. The Hall–Kier alpha value is -0.720. The van der Waals surface area contributed by atoms with Gasteiger partial charge in [0, 0.05) is 7.05 Å². The van der Waals surface area contributed by atoms with Crippen LogP contribution in [0.5, 0.6) is 0 Å². The zero-order chi connectivity index (χ0) is 5.70. The molecular formula is C6H11N. The van der Waals surface area contributed by atoms with E-state index in [4.69, 9.17) is 0 Å². The molecule has 0 aromatic rings. The number of rotatable bonds is 2. The van der Waals surface area contributed by atoms with Gasteiger partial charge in [-0.05, 0) is 19.3 Å². The largest absolute Gasteiger partial charge is 0.358 e. The zero-order valence-corrected chi connectivity index (χ0v) is 4.89. The Kier molecular flexibility index (Phi) is 3.11. The van der Waals surface area contributed by atoms with Crippen molar-refractivity contribution in [2.75, 3.05) is 7.05 Å². The van der Waals surface area contributed by atoms with Crippen LogP contribution in [0.15, 0.2) is 25.1 Å². The molecule has 0 radical (unpaired) electrons. The first-order chi connectivity index (χ1) is 3.31. The first-order valence-corrected chi connectivity index (χ1v) is 2.28. The van der Waals surface area contributed by atoms with Gasteiger partial charge in [-0.2, -0.15) is 0 Å². The van der Waals surface area contributed by atoms with Crippen molar-refractivity contribution in [3.05, 3.63) is 25.1 Å². The fourth-order valence-corrected chi connectivity index (χ4v) is 0.296. The SMILES string of the molecule is C=CN(C)/C=C/C. The van der Waals surface area contributed by atoms with E-state index in [-0.39, 0.29) is 0 Å². The Bertz CT molecular complexity index is 74.2. The van der Waals surface area contributed by atoms with E-state index >= 15 is 0 Å². The average molecular weight is 97.2 g/mol. The third-order valence-corrected chi connectivity index (χ3v) is 0.672. The lowest BCUT2D eigenvalue weighted by Crippen LogP contribution is -1.97. The topological polar surface area (TPSA) is 3.24 Å². The number of hydrogen-bond acceptors (Lipinski definition) is 1. The molecule has 0 bridgehead atoms. The minimum absolute atomic E-state index is 1.75. The summed E-state index contributed by atoms with van der Waals surface area (Å²) < 4.78 is 0. The normalized spacial score (nSPS) is 9.43. The molecule has 0 saturated heterocycles. The highest BCUT2D eigenvalue weighted by Gasteiger charge is 1.71. The molecule has 0 aliphatic carbocycles. The Balaban J connectivity index is 3.35. The number of allylic oxidation sites excluding steroid dienone is 1. The monoisotopic (exact) mass is 97.1 g/mol. The van der Waals surface area contributed by atoms with E-state index in [0.29, 0.717) is 0 Å². The lowest BCUT2D eigenvalue weighted by atomic mass is 10.6. The number of nitrogens with zero attached hydrogens (tertiary/aromatic N) is 1. The summed E-state index contributed by atoms with van der Waals surface area (Å²) >= 11 is 0. The Morgan fingerprint density at radius 1 is 1.57 bits per heavy atom. The van der Waals surface area contributed by atoms with E-state index in [2.05, 4.69) is 6.58 Å². The van der Waals surface area contributed by atoms with Gasteiger partial charge in [-0.1, -0.05) is 12.7 Å². The van der Waals surface area contributed by atoms with E-state index in [0.717, 1.165) is 0 Å². The maximum atomic E-state index is 3.55. The van der Waals surface area contributed by atoms with E-state index < -0.39 is 0 Å². The summed E-state index contributed by atoms with van der Waals surface area (Å²) in [7, 11) is 1.94. The molecular weight excluding hydrogens is 86.1 g/mol. The van der Waals surface area contributed by atoms with Crippen LogP contribution in [-0.2, 0) is 0 Å². The maximum absolute atomic E-state index is 3.55. The van der Waals surface area contributed by atoms with Crippen molar-refractivity contribution in [2.24, 2.45) is 0 Å². The van der Waals surface area contributed by atoms with Gasteiger partial charge in [0.05, 0.1) is 0 Å². The maximum Gasteiger partial charge on any atom is 0.0106 e. The molecule has 0 amide bonds. The summed E-state index contributed by atoms with van der Waals surface area (Å²) in [5.41, 5.74) is 0. The van der Waals surface area contributed by atoms with Crippen LogP contribution >= 0.6 is 0 Å². The molecule has 0 aliphatic heterocycles. The summed E-state index contributed by atoms with van der Waals surface area (Å²) in [6.07, 6.45) is 5.65. The molecule has 0 aromatic carbocycles. The van der Waals surface area contributed by atoms with Crippen LogP contribution in [0.25, 0.3) is 0 Å². The molecule has 0 unspecified atom stereocenters. The highest BCUT2D eigenvalue weighted by molar-refractivity contribution is 4.81. The van der Waals surface area contributed by atoms with Crippen molar-refractivity contribution in [1.82, 2.24) is 4.90 Å². The van der Waals surface area contributed by atoms with Gasteiger partial charge in [0.25, 0.3) is 0 Å². The predicted octanol–water partition coefficient (Wildman–Crippen LogP) is 1.60. The molecule has 40 valence electrons. The molecule has 0 spiro atoms. The van der Waals surface area contributed by atoms with Crippen molar-refractivity contribution in [2.45, 2.75) is 6.92 Å². The third-order valence-electron chi connectivity index (χ3n) is 0.672. The fourth-order valence-electron chi connectivity index (χ4n) is 0.296. The summed E-state index contributed by atoms with van der Waals surface area (Å²) in [6, 6.07) is 0. The lowest BCUT2D eigenvalue weighted by Gasteiger charge is -2.02. The van der Waals surface area contributed by atoms with Crippen molar-refractivity contribution >= 4 is 0 Å². The second-order valence-corrected chi connectivity index (χ2v) is 1.33. The molecule has 0 heterocycles. The molecule has 0 fully saturated rings. The van der Waals surface area contributed by atoms with E-state index in [1.807, 2.05) is 31.1 Å². The first-order valence-electron chi connectivity index (χ1n) is 2.28. The van der Waals surface area contributed by atoms with Gasteiger partial charge in [-0.15, -0.1) is 0 Å². The molecule has 0 aromatic heterocycles. The van der Waals surface area contributed by atoms with Crippen LogP contribution in [-0.4, -0.2) is 11.9 Å². The standard InChI is InChI=1S/C6H11N/c1-4-6-7(3)5-2/h4-6H,2H2,1,3H3/b6-4+. The third kappa shape index (κ3) is 3.10. The molecule has 0 aliphatic rings. The van der Waals surface area contributed by atoms with Crippen LogP contribution in [0.4, 0.5) is 0 Å². The first kappa shape index (κ1) is 6.28. The van der Waals surface area contributed by atoms with Gasteiger partial charge in [0.2, 0.25) is 0 Å². The molecule has 0 atom stereocenters. The molecule has 7 heavy (non-hydrogen) atoms. The average Bonchev–Trinajstić information content (AvgIpc) is 1.68. The van der Waals surface area contributed by atoms with Crippen LogP contribution in [0.3, 0.4) is 0 Å². The summed E-state index contributed by atoms with van der Waals surface area (Å²) in [4.78, 5) is 1.89. The number of hydrogen-bond donors (Lipinski definition) is 0. The van der Waals surface area contributed by atoms with E-state index in [9.17, 15) is 0 Å². The molecule has 0 saturated carbocycles. The molecule has 1 nitrogen and oxygen atoms in total.